The minimum absolute atomic E-state index is 0.737. The highest BCUT2D eigenvalue weighted by molar-refractivity contribution is 7.11. The molecule has 86 heavy (non-hydrogen) atoms. The van der Waals surface area contributed by atoms with Crippen LogP contribution in [0.25, 0.3) is 0 Å². The third-order valence-corrected chi connectivity index (χ3v) is 15.3. The van der Waals surface area contributed by atoms with Crippen molar-refractivity contribution in [1.29, 1.82) is 0 Å². The highest BCUT2D eigenvalue weighted by atomic mass is 35.5. The molecule has 0 radical (unpaired) electrons. The number of thiophene rings is 3. The van der Waals surface area contributed by atoms with E-state index in [0.29, 0.717) is 0 Å². The van der Waals surface area contributed by atoms with Crippen LogP contribution in [0.4, 0.5) is 0 Å². The monoisotopic (exact) mass is 1250 g/mol. The van der Waals surface area contributed by atoms with Crippen LogP contribution in [0.1, 0.15) is 122 Å². The maximum atomic E-state index is 5.72. The van der Waals surface area contributed by atoms with Crippen molar-refractivity contribution in [2.75, 3.05) is 0 Å². The maximum Gasteiger partial charge on any atom is 0.133 e. The molecule has 10 heterocycles. The van der Waals surface area contributed by atoms with E-state index in [0.717, 1.165) is 78.3 Å². The molecule has 14 heteroatoms. The Morgan fingerprint density at radius 2 is 0.907 bits per heavy atom. The fourth-order valence-corrected chi connectivity index (χ4v) is 8.86. The van der Waals surface area contributed by atoms with E-state index in [1.165, 1.54) is 53.6 Å². The summed E-state index contributed by atoms with van der Waals surface area (Å²) in [7, 11) is 0. The highest BCUT2D eigenvalue weighted by Gasteiger charge is 1.95. The Bertz CT molecular complexity index is 3190. The summed E-state index contributed by atoms with van der Waals surface area (Å²) >= 11 is 16.8. The number of halogens is 2. The smallest absolute Gasteiger partial charge is 0.133 e. The summed E-state index contributed by atoms with van der Waals surface area (Å²) in [5, 5.41) is 11.6. The van der Waals surface area contributed by atoms with Crippen LogP contribution in [0, 0.1) is 152 Å². The molecule has 0 saturated heterocycles. The number of pyridine rings is 5. The topological polar surface area (TPSA) is 116 Å². The lowest BCUT2D eigenvalue weighted by atomic mass is 10.1. The highest BCUT2D eigenvalue weighted by Crippen LogP contribution is 2.15. The van der Waals surface area contributed by atoms with Gasteiger partial charge in [0.2, 0.25) is 0 Å². The van der Waals surface area contributed by atoms with Crippen LogP contribution in [0.15, 0.2) is 161 Å². The second-order valence-electron chi connectivity index (χ2n) is 20.5. The van der Waals surface area contributed by atoms with Crippen molar-refractivity contribution in [2.45, 2.75) is 152 Å². The third-order valence-electron chi connectivity index (χ3n) is 11.7. The van der Waals surface area contributed by atoms with Gasteiger partial charge >= 0.3 is 0 Å². The molecule has 11 rings (SSSR count). The molecule has 0 spiro atoms. The van der Waals surface area contributed by atoms with Gasteiger partial charge < -0.3 is 4.52 Å². The van der Waals surface area contributed by atoms with E-state index in [9.17, 15) is 0 Å². The summed E-state index contributed by atoms with van der Waals surface area (Å²) in [6.45, 7) is 44.5. The minimum Gasteiger partial charge on any atom is -0.361 e. The molecule has 1 aromatic carbocycles. The lowest BCUT2D eigenvalue weighted by molar-refractivity contribution is 0.393. The van der Waals surface area contributed by atoms with E-state index in [4.69, 9.17) is 27.7 Å². The van der Waals surface area contributed by atoms with Gasteiger partial charge in [0.25, 0.3) is 0 Å². The molecule has 458 valence electrons. The van der Waals surface area contributed by atoms with Gasteiger partial charge in [0.05, 0.1) is 21.4 Å². The first-order valence-corrected chi connectivity index (χ1v) is 31.5. The summed E-state index contributed by atoms with van der Waals surface area (Å²) in [6, 6.07) is 36.5. The molecular formula is C72H92Cl2N8OS3. The van der Waals surface area contributed by atoms with E-state index in [1.807, 2.05) is 181 Å². The minimum atomic E-state index is 0.737. The summed E-state index contributed by atoms with van der Waals surface area (Å²) < 4.78 is 4.71. The van der Waals surface area contributed by atoms with Gasteiger partial charge in [-0.15, -0.1) is 22.7 Å². The molecule has 0 saturated carbocycles. The molecule has 0 aliphatic rings. The third kappa shape index (κ3) is 38.1. The van der Waals surface area contributed by atoms with Gasteiger partial charge in [0.1, 0.15) is 11.6 Å². The Labute approximate surface area is 538 Å². The van der Waals surface area contributed by atoms with E-state index >= 15 is 0 Å². The van der Waals surface area contributed by atoms with E-state index in [1.54, 1.807) is 28.9 Å². The molecule has 0 fully saturated rings. The Kier molecular flexibility index (Phi) is 39.0. The van der Waals surface area contributed by atoms with Crippen LogP contribution < -0.4 is 0 Å². The van der Waals surface area contributed by atoms with Crippen molar-refractivity contribution in [2.24, 2.45) is 0 Å². The number of aryl methyl sites for hydroxylation is 22. The van der Waals surface area contributed by atoms with Crippen molar-refractivity contribution in [3.05, 3.63) is 288 Å². The molecule has 0 N–H and O–H groups in total. The second kappa shape index (κ2) is 43.5. The van der Waals surface area contributed by atoms with Crippen LogP contribution in [-0.2, 0) is 0 Å². The Morgan fingerprint density at radius 1 is 0.372 bits per heavy atom. The number of aromatic nitrogens is 8. The quantitative estimate of drug-likeness (QED) is 0.146. The molecule has 0 aliphatic carbocycles. The maximum absolute atomic E-state index is 5.72. The van der Waals surface area contributed by atoms with E-state index < -0.39 is 0 Å². The largest absolute Gasteiger partial charge is 0.361 e. The van der Waals surface area contributed by atoms with Gasteiger partial charge in [-0.3, -0.25) is 24.9 Å². The Morgan fingerprint density at radius 3 is 1.20 bits per heavy atom. The summed E-state index contributed by atoms with van der Waals surface area (Å²) in [6.07, 6.45) is 8.98. The number of rotatable bonds is 0. The van der Waals surface area contributed by atoms with E-state index in [2.05, 4.69) is 173 Å². The summed E-state index contributed by atoms with van der Waals surface area (Å²) in [5.74, 6) is 1.70. The average molecular weight is 1250 g/mol. The van der Waals surface area contributed by atoms with Crippen LogP contribution in [-0.4, -0.2) is 40.0 Å². The van der Waals surface area contributed by atoms with Crippen LogP contribution >= 0.6 is 57.2 Å². The van der Waals surface area contributed by atoms with Crippen molar-refractivity contribution < 1.29 is 4.52 Å². The fourth-order valence-electron chi connectivity index (χ4n) is 6.30. The fraction of sp³-hybridized carbons (Fsp3) is 0.306. The average Bonchev–Trinajstić information content (AvgIpc) is 4.32. The summed E-state index contributed by atoms with van der Waals surface area (Å²) in [5.41, 5.74) is 19.9. The standard InChI is InChI=1S/C8H10.2C7H8ClN.3C7H9N.C6H8N2.3C6H8S.C5H7NO/c1-7-5-3-4-6-8(7)2;1-5-3-6(2)9-4-7(5)8;1-5-3-4-7(8)6(2)9-5;1-6-3-4-8-7(2)5-6;1-6-3-4-7(2)8-5-6;1-6-4-3-5-7(2)8-6;1-5-3-7-6(2)8-4-5;1-5-3-7-4-6(5)2;1-5-3-4-7-6(5)2;1-5-3-4-6(2)7-5;1-4-3-5(2)7-6-4/h3-6H,1-2H3;2*3-4H,1-2H3;3*3-5H,1-2H3;3-4H,1-2H3;3*3-4H,1-2H3;3H,1-2H3. The lowest BCUT2D eigenvalue weighted by Gasteiger charge is -1.95. The predicted molar refractivity (Wildman–Crippen MR) is 373 cm³/mol. The van der Waals surface area contributed by atoms with Gasteiger partial charge in [0.15, 0.2) is 0 Å². The van der Waals surface area contributed by atoms with Gasteiger partial charge in [-0.05, 0) is 285 Å². The number of hydrogen-bond acceptors (Lipinski definition) is 12. The van der Waals surface area contributed by atoms with Crippen molar-refractivity contribution >= 4 is 57.2 Å². The first-order chi connectivity index (χ1) is 40.5. The second-order valence-corrected chi connectivity index (χ2v) is 24.7. The van der Waals surface area contributed by atoms with Gasteiger partial charge in [-0.25, -0.2) is 9.97 Å². The number of hydrogen-bond donors (Lipinski definition) is 0. The van der Waals surface area contributed by atoms with Gasteiger partial charge in [-0.2, -0.15) is 11.3 Å². The molecule has 11 aromatic rings. The molecule has 0 amide bonds. The first kappa shape index (κ1) is 77.0. The Hall–Kier alpha value is -7.06. The molecule has 0 unspecified atom stereocenters. The predicted octanol–water partition coefficient (Wildman–Crippen LogP) is 21.6. The molecular weight excluding hydrogens is 1160 g/mol. The zero-order valence-electron chi connectivity index (χ0n) is 55.0. The molecule has 0 atom stereocenters. The lowest BCUT2D eigenvalue weighted by Crippen LogP contribution is -1.84. The zero-order valence-corrected chi connectivity index (χ0v) is 58.9. The van der Waals surface area contributed by atoms with Crippen LogP contribution in [0.3, 0.4) is 0 Å². The number of benzene rings is 1. The SMILES string of the molecule is Cc1cc(C)c(Cl)cn1.Cc1cc(C)on1.Cc1ccc(C)nc1.Cc1ccc(C)s1.Cc1ccc(Cl)c(C)n1.Cc1cccc(C)n1.Cc1ccccc1C.Cc1ccnc(C)c1.Cc1ccsc1C.Cc1cnc(C)nc1.Cc1cscc1C. The first-order valence-electron chi connectivity index (χ1n) is 28.1. The molecule has 10 aromatic heterocycles. The molecule has 9 nitrogen and oxygen atoms in total. The molecule has 0 aliphatic heterocycles. The molecule has 0 bridgehead atoms. The normalized spacial score (nSPS) is 9.40. The van der Waals surface area contributed by atoms with Crippen molar-refractivity contribution in [3.63, 3.8) is 0 Å². The Balaban J connectivity index is 0.000000473. The van der Waals surface area contributed by atoms with Gasteiger partial charge in [-0.1, -0.05) is 64.8 Å². The number of nitrogens with zero attached hydrogens (tertiary/aromatic N) is 8. The van der Waals surface area contributed by atoms with Crippen LogP contribution in [0.5, 0.6) is 0 Å². The van der Waals surface area contributed by atoms with Crippen LogP contribution in [0.2, 0.25) is 10.0 Å². The zero-order chi connectivity index (χ0) is 64.7. The summed E-state index contributed by atoms with van der Waals surface area (Å²) in [4.78, 5) is 32.6. The van der Waals surface area contributed by atoms with Crippen molar-refractivity contribution in [1.82, 2.24) is 40.0 Å². The van der Waals surface area contributed by atoms with E-state index in [-0.39, 0.29) is 0 Å². The van der Waals surface area contributed by atoms with Gasteiger partial charge in [0, 0.05) is 85.8 Å². The van der Waals surface area contributed by atoms with Crippen molar-refractivity contribution in [3.8, 4) is 0 Å².